The van der Waals surface area contributed by atoms with Gasteiger partial charge < -0.3 is 10.2 Å². The zero-order valence-corrected chi connectivity index (χ0v) is 12.5. The summed E-state index contributed by atoms with van der Waals surface area (Å²) in [4.78, 5) is 7.75. The lowest BCUT2D eigenvalue weighted by Crippen LogP contribution is -2.36. The molecule has 0 bridgehead atoms. The third kappa shape index (κ3) is 3.83. The number of anilines is 1. The smallest absolute Gasteiger partial charge is 0.185 e. The van der Waals surface area contributed by atoms with Gasteiger partial charge in [-0.05, 0) is 18.3 Å². The molecule has 2 rings (SSSR count). The molecule has 17 heavy (non-hydrogen) atoms. The first-order valence-electron chi connectivity index (χ1n) is 5.92. The van der Waals surface area contributed by atoms with E-state index in [0.29, 0.717) is 5.41 Å². The monoisotopic (exact) mass is 275 g/mol. The van der Waals surface area contributed by atoms with E-state index in [4.69, 9.17) is 0 Å². The van der Waals surface area contributed by atoms with E-state index >= 15 is 0 Å². The summed E-state index contributed by atoms with van der Waals surface area (Å²) in [5.41, 5.74) is 0.565. The number of hydrogen-bond acceptors (Lipinski definition) is 4. The maximum absolute atomic E-state index is 4.37. The Hall–Kier alpha value is -0.320. The van der Waals surface area contributed by atoms with Crippen molar-refractivity contribution in [3.05, 3.63) is 11.1 Å². The highest BCUT2D eigenvalue weighted by Crippen LogP contribution is 2.39. The van der Waals surface area contributed by atoms with Crippen molar-refractivity contribution in [2.45, 2.75) is 32.7 Å². The van der Waals surface area contributed by atoms with Crippen LogP contribution in [0.4, 0.5) is 5.13 Å². The van der Waals surface area contributed by atoms with Crippen molar-refractivity contribution >= 4 is 28.9 Å². The Bertz CT molecular complexity index is 347. The highest BCUT2D eigenvalue weighted by Gasteiger charge is 2.30. The van der Waals surface area contributed by atoms with Crippen molar-refractivity contribution in [1.82, 2.24) is 10.3 Å². The van der Waals surface area contributed by atoms with E-state index in [2.05, 4.69) is 22.1 Å². The molecule has 1 saturated carbocycles. The van der Waals surface area contributed by atoms with Crippen LogP contribution in [0.5, 0.6) is 0 Å². The predicted octanol–water partition coefficient (Wildman–Crippen LogP) is 2.91. The first-order chi connectivity index (χ1) is 7.59. The second-order valence-electron chi connectivity index (χ2n) is 5.27. The summed E-state index contributed by atoms with van der Waals surface area (Å²) in [6, 6.07) is 0. The Kier molecular flexibility index (Phi) is 5.22. The number of aromatic nitrogens is 1. The first kappa shape index (κ1) is 14.7. The molecule has 0 amide bonds. The quantitative estimate of drug-likeness (QED) is 0.896. The van der Waals surface area contributed by atoms with Crippen molar-refractivity contribution in [1.29, 1.82) is 0 Å². The number of halogens is 1. The van der Waals surface area contributed by atoms with Crippen LogP contribution < -0.4 is 10.2 Å². The zero-order chi connectivity index (χ0) is 11.6. The molecular formula is C12H22ClN3S. The molecule has 0 aliphatic heterocycles. The summed E-state index contributed by atoms with van der Waals surface area (Å²) in [6.07, 6.45) is 6.15. The molecule has 3 nitrogen and oxygen atoms in total. The minimum Gasteiger partial charge on any atom is -0.354 e. The number of rotatable bonds is 5. The van der Waals surface area contributed by atoms with Crippen molar-refractivity contribution in [2.24, 2.45) is 5.41 Å². The molecule has 1 N–H and O–H groups in total. The second-order valence-corrected chi connectivity index (χ2v) is 6.36. The average Bonchev–Trinajstić information content (AvgIpc) is 2.64. The van der Waals surface area contributed by atoms with Crippen molar-refractivity contribution < 1.29 is 0 Å². The Balaban J connectivity index is 0.00000144. The van der Waals surface area contributed by atoms with Crippen LogP contribution in [-0.4, -0.2) is 25.6 Å². The van der Waals surface area contributed by atoms with Gasteiger partial charge in [0.15, 0.2) is 5.13 Å². The number of nitrogens with zero attached hydrogens (tertiary/aromatic N) is 2. The number of thiazole rings is 1. The van der Waals surface area contributed by atoms with E-state index in [1.165, 1.54) is 24.1 Å². The van der Waals surface area contributed by atoms with E-state index in [1.807, 2.05) is 20.3 Å². The Morgan fingerprint density at radius 2 is 2.18 bits per heavy atom. The van der Waals surface area contributed by atoms with E-state index in [0.717, 1.165) is 18.2 Å². The third-order valence-electron chi connectivity index (χ3n) is 3.34. The molecule has 1 aliphatic carbocycles. The molecule has 5 heteroatoms. The van der Waals surface area contributed by atoms with Gasteiger partial charge in [-0.3, -0.25) is 0 Å². The van der Waals surface area contributed by atoms with E-state index in [9.17, 15) is 0 Å². The summed E-state index contributed by atoms with van der Waals surface area (Å²) in [6.45, 7) is 4.48. The lowest BCUT2D eigenvalue weighted by molar-refractivity contribution is 0.156. The van der Waals surface area contributed by atoms with E-state index < -0.39 is 0 Å². The molecule has 1 fully saturated rings. The molecule has 0 atom stereocenters. The van der Waals surface area contributed by atoms with Gasteiger partial charge in [-0.25, -0.2) is 4.98 Å². The Morgan fingerprint density at radius 3 is 2.65 bits per heavy atom. The molecule has 0 saturated heterocycles. The first-order valence-corrected chi connectivity index (χ1v) is 6.73. The zero-order valence-electron chi connectivity index (χ0n) is 10.8. The van der Waals surface area contributed by atoms with Gasteiger partial charge in [0.2, 0.25) is 0 Å². The van der Waals surface area contributed by atoms with Crippen LogP contribution >= 0.6 is 23.7 Å². The molecule has 0 unspecified atom stereocenters. The highest BCUT2D eigenvalue weighted by molar-refractivity contribution is 7.15. The summed E-state index contributed by atoms with van der Waals surface area (Å²) in [5, 5.41) is 4.64. The number of hydrogen-bond donors (Lipinski definition) is 1. The molecule has 1 aromatic heterocycles. The average molecular weight is 276 g/mol. The molecule has 98 valence electrons. The third-order valence-corrected chi connectivity index (χ3v) is 4.50. The van der Waals surface area contributed by atoms with Crippen LogP contribution in [0.25, 0.3) is 0 Å². The summed E-state index contributed by atoms with van der Waals surface area (Å²) >= 11 is 1.77. The van der Waals surface area contributed by atoms with Gasteiger partial charge in [0.1, 0.15) is 0 Å². The fourth-order valence-corrected chi connectivity index (χ4v) is 2.83. The molecule has 0 spiro atoms. The van der Waals surface area contributed by atoms with Gasteiger partial charge >= 0.3 is 0 Å². The standard InChI is InChI=1S/C12H21N3S.ClH/c1-12(5-4-6-12)9-13-7-10-8-14-11(16-10)15(2)3;/h8,13H,4-7,9H2,1-3H3;1H. The van der Waals surface area contributed by atoms with Crippen molar-refractivity contribution in [3.8, 4) is 0 Å². The fourth-order valence-electron chi connectivity index (χ4n) is 2.03. The lowest BCUT2D eigenvalue weighted by Gasteiger charge is -2.38. The van der Waals surface area contributed by atoms with Gasteiger partial charge in [-0.15, -0.1) is 23.7 Å². The molecule has 1 heterocycles. The molecular weight excluding hydrogens is 254 g/mol. The molecule has 0 aromatic carbocycles. The van der Waals surface area contributed by atoms with Crippen molar-refractivity contribution in [3.63, 3.8) is 0 Å². The maximum Gasteiger partial charge on any atom is 0.185 e. The number of nitrogens with one attached hydrogen (secondary N) is 1. The predicted molar refractivity (Wildman–Crippen MR) is 77.4 cm³/mol. The second kappa shape index (κ2) is 6.03. The van der Waals surface area contributed by atoms with Crippen LogP contribution in [0.15, 0.2) is 6.20 Å². The van der Waals surface area contributed by atoms with Crippen LogP contribution in [0.2, 0.25) is 0 Å². The molecule has 0 radical (unpaired) electrons. The Labute approximate surface area is 114 Å². The normalized spacial score (nSPS) is 17.1. The summed E-state index contributed by atoms with van der Waals surface area (Å²) in [5.74, 6) is 0. The lowest BCUT2D eigenvalue weighted by atomic mass is 9.70. The van der Waals surface area contributed by atoms with Crippen LogP contribution in [-0.2, 0) is 6.54 Å². The summed E-state index contributed by atoms with van der Waals surface area (Å²) < 4.78 is 0. The largest absolute Gasteiger partial charge is 0.354 e. The van der Waals surface area contributed by atoms with E-state index in [-0.39, 0.29) is 12.4 Å². The van der Waals surface area contributed by atoms with E-state index in [1.54, 1.807) is 11.3 Å². The van der Waals surface area contributed by atoms with Gasteiger partial charge in [-0.1, -0.05) is 13.3 Å². The van der Waals surface area contributed by atoms with Gasteiger partial charge in [0, 0.05) is 38.3 Å². The van der Waals surface area contributed by atoms with Gasteiger partial charge in [-0.2, -0.15) is 0 Å². The SMILES string of the molecule is CN(C)c1ncc(CNCC2(C)CCC2)s1.Cl. The Morgan fingerprint density at radius 1 is 1.47 bits per heavy atom. The molecule has 1 aromatic rings. The minimum absolute atomic E-state index is 0. The highest BCUT2D eigenvalue weighted by atomic mass is 35.5. The van der Waals surface area contributed by atoms with Crippen LogP contribution in [0.1, 0.15) is 31.1 Å². The topological polar surface area (TPSA) is 28.2 Å². The summed E-state index contributed by atoms with van der Waals surface area (Å²) in [7, 11) is 4.07. The maximum atomic E-state index is 4.37. The minimum atomic E-state index is 0. The molecule has 1 aliphatic rings. The van der Waals surface area contributed by atoms with Crippen LogP contribution in [0, 0.1) is 5.41 Å². The fraction of sp³-hybridized carbons (Fsp3) is 0.750. The van der Waals surface area contributed by atoms with Gasteiger partial charge in [0.25, 0.3) is 0 Å². The van der Waals surface area contributed by atoms with Crippen LogP contribution in [0.3, 0.4) is 0 Å². The van der Waals surface area contributed by atoms with Crippen molar-refractivity contribution in [2.75, 3.05) is 25.5 Å². The van der Waals surface area contributed by atoms with Gasteiger partial charge in [0.05, 0.1) is 0 Å².